The Hall–Kier alpha value is 0.550. The van der Waals surface area contributed by atoms with Crippen LogP contribution in [-0.4, -0.2) is 12.0 Å². The highest BCUT2D eigenvalue weighted by Gasteiger charge is 2.45. The quantitative estimate of drug-likeness (QED) is 0.631. The Morgan fingerprint density at radius 1 is 1.50 bits per heavy atom. The molecule has 0 amide bonds. The lowest BCUT2D eigenvalue weighted by Crippen LogP contribution is -2.39. The van der Waals surface area contributed by atoms with Crippen molar-refractivity contribution in [2.75, 3.05) is 0 Å². The summed E-state index contributed by atoms with van der Waals surface area (Å²) in [6.45, 7) is 0. The lowest BCUT2D eigenvalue weighted by atomic mass is 9.91. The molecular formula is C4H5F2IO. The van der Waals surface area contributed by atoms with Gasteiger partial charge in [-0.3, -0.25) is 0 Å². The molecular weight excluding hydrogens is 229 g/mol. The van der Waals surface area contributed by atoms with Gasteiger partial charge in [-0.05, 0) is 0 Å². The third-order valence-electron chi connectivity index (χ3n) is 1.18. The van der Waals surface area contributed by atoms with Crippen LogP contribution in [0.2, 0.25) is 0 Å². The molecule has 4 heteroatoms. The Morgan fingerprint density at radius 2 is 2.00 bits per heavy atom. The van der Waals surface area contributed by atoms with Gasteiger partial charge in [0.25, 0.3) is 5.92 Å². The molecule has 0 radical (unpaired) electrons. The highest BCUT2D eigenvalue weighted by atomic mass is 127. The molecule has 8 heavy (non-hydrogen) atoms. The highest BCUT2D eigenvalue weighted by molar-refractivity contribution is 14.1. The SMILES string of the molecule is FC1(F)CC(OI)C1. The van der Waals surface area contributed by atoms with E-state index in [-0.39, 0.29) is 18.9 Å². The predicted molar refractivity (Wildman–Crippen MR) is 33.1 cm³/mol. The zero-order valence-corrected chi connectivity index (χ0v) is 6.19. The molecule has 0 aromatic carbocycles. The van der Waals surface area contributed by atoms with Crippen LogP contribution in [0.25, 0.3) is 0 Å². The number of halogens is 3. The van der Waals surface area contributed by atoms with Crippen molar-refractivity contribution in [2.45, 2.75) is 24.9 Å². The Labute approximate surface area is 60.1 Å². The fourth-order valence-corrected chi connectivity index (χ4v) is 1.03. The van der Waals surface area contributed by atoms with Crippen molar-refractivity contribution < 1.29 is 11.8 Å². The average molecular weight is 234 g/mol. The first kappa shape index (κ1) is 6.67. The van der Waals surface area contributed by atoms with Gasteiger partial charge >= 0.3 is 0 Å². The van der Waals surface area contributed by atoms with Crippen LogP contribution >= 0.6 is 23.0 Å². The summed E-state index contributed by atoms with van der Waals surface area (Å²) >= 11 is 1.65. The molecule has 0 heterocycles. The largest absolute Gasteiger partial charge is 0.312 e. The van der Waals surface area contributed by atoms with Gasteiger partial charge in [0.1, 0.15) is 23.0 Å². The van der Waals surface area contributed by atoms with Gasteiger partial charge in [-0.1, -0.05) is 0 Å². The number of alkyl halides is 2. The minimum Gasteiger partial charge on any atom is -0.312 e. The van der Waals surface area contributed by atoms with Crippen LogP contribution in [0.1, 0.15) is 12.8 Å². The van der Waals surface area contributed by atoms with E-state index in [1.54, 1.807) is 23.0 Å². The van der Waals surface area contributed by atoms with Gasteiger partial charge in [0.2, 0.25) is 0 Å². The Balaban J connectivity index is 2.21. The van der Waals surface area contributed by atoms with Crippen LogP contribution in [0, 0.1) is 0 Å². The van der Waals surface area contributed by atoms with Gasteiger partial charge in [0, 0.05) is 12.8 Å². The van der Waals surface area contributed by atoms with Crippen LogP contribution in [0.15, 0.2) is 0 Å². The second-order valence-corrected chi connectivity index (χ2v) is 2.48. The van der Waals surface area contributed by atoms with E-state index in [2.05, 4.69) is 3.07 Å². The number of hydrogen-bond acceptors (Lipinski definition) is 1. The summed E-state index contributed by atoms with van der Waals surface area (Å²) in [5.41, 5.74) is 0. The molecule has 0 aromatic heterocycles. The molecule has 0 aromatic rings. The summed E-state index contributed by atoms with van der Waals surface area (Å²) in [6.07, 6.45) is -0.406. The first-order valence-corrected chi connectivity index (χ1v) is 3.17. The van der Waals surface area contributed by atoms with Crippen molar-refractivity contribution >= 4 is 23.0 Å². The van der Waals surface area contributed by atoms with E-state index in [1.807, 2.05) is 0 Å². The zero-order valence-electron chi connectivity index (χ0n) is 4.03. The molecule has 1 rings (SSSR count). The van der Waals surface area contributed by atoms with Crippen LogP contribution in [0.3, 0.4) is 0 Å². The normalized spacial score (nSPS) is 27.4. The topological polar surface area (TPSA) is 9.23 Å². The van der Waals surface area contributed by atoms with Crippen molar-refractivity contribution in [3.05, 3.63) is 0 Å². The van der Waals surface area contributed by atoms with Crippen molar-refractivity contribution in [3.8, 4) is 0 Å². The Bertz CT molecular complexity index is 88.0. The van der Waals surface area contributed by atoms with Crippen LogP contribution in [0.4, 0.5) is 8.78 Å². The molecule has 48 valence electrons. The summed E-state index contributed by atoms with van der Waals surface area (Å²) in [4.78, 5) is 0. The molecule has 0 atom stereocenters. The van der Waals surface area contributed by atoms with Crippen molar-refractivity contribution in [3.63, 3.8) is 0 Å². The maximum absolute atomic E-state index is 11.9. The van der Waals surface area contributed by atoms with E-state index in [0.717, 1.165) is 0 Å². The molecule has 1 aliphatic carbocycles. The lowest BCUT2D eigenvalue weighted by molar-refractivity contribution is -0.124. The third-order valence-corrected chi connectivity index (χ3v) is 1.90. The minimum atomic E-state index is -2.43. The molecule has 1 nitrogen and oxygen atoms in total. The fraction of sp³-hybridized carbons (Fsp3) is 1.00. The predicted octanol–water partition coefficient (Wildman–Crippen LogP) is 2.15. The standard InChI is InChI=1S/C4H5F2IO/c5-4(6)1-3(2-4)8-7/h3H,1-2H2. The monoisotopic (exact) mass is 234 g/mol. The zero-order chi connectivity index (χ0) is 6.20. The van der Waals surface area contributed by atoms with E-state index in [1.165, 1.54) is 0 Å². The van der Waals surface area contributed by atoms with E-state index in [9.17, 15) is 8.78 Å². The lowest BCUT2D eigenvalue weighted by Gasteiger charge is -2.32. The molecule has 1 saturated carbocycles. The Morgan fingerprint density at radius 3 is 2.12 bits per heavy atom. The average Bonchev–Trinajstić information content (AvgIpc) is 1.60. The molecule has 0 unspecified atom stereocenters. The van der Waals surface area contributed by atoms with Gasteiger partial charge < -0.3 is 3.07 Å². The minimum absolute atomic E-state index is 0.101. The molecule has 0 bridgehead atoms. The molecule has 0 saturated heterocycles. The van der Waals surface area contributed by atoms with Crippen LogP contribution in [-0.2, 0) is 3.07 Å². The summed E-state index contributed by atoms with van der Waals surface area (Å²) in [6, 6.07) is 0. The molecule has 0 N–H and O–H groups in total. The first-order chi connectivity index (χ1) is 3.64. The van der Waals surface area contributed by atoms with E-state index in [0.29, 0.717) is 0 Å². The van der Waals surface area contributed by atoms with E-state index < -0.39 is 5.92 Å². The van der Waals surface area contributed by atoms with Crippen LogP contribution in [0.5, 0.6) is 0 Å². The fourth-order valence-electron chi connectivity index (χ4n) is 0.669. The van der Waals surface area contributed by atoms with E-state index >= 15 is 0 Å². The maximum atomic E-state index is 11.9. The first-order valence-electron chi connectivity index (χ1n) is 2.29. The molecule has 1 fully saturated rings. The second-order valence-electron chi connectivity index (χ2n) is 1.98. The summed E-state index contributed by atoms with van der Waals surface area (Å²) in [5, 5.41) is 0. The summed E-state index contributed by atoms with van der Waals surface area (Å²) in [7, 11) is 0. The Kier molecular flexibility index (Phi) is 1.71. The number of rotatable bonds is 1. The van der Waals surface area contributed by atoms with Gasteiger partial charge in [-0.15, -0.1) is 0 Å². The van der Waals surface area contributed by atoms with E-state index in [4.69, 9.17) is 0 Å². The maximum Gasteiger partial charge on any atom is 0.253 e. The van der Waals surface area contributed by atoms with Gasteiger partial charge in [0.05, 0.1) is 6.10 Å². The summed E-state index contributed by atoms with van der Waals surface area (Å²) < 4.78 is 28.4. The van der Waals surface area contributed by atoms with Crippen LogP contribution < -0.4 is 0 Å². The van der Waals surface area contributed by atoms with Gasteiger partial charge in [-0.25, -0.2) is 8.78 Å². The third kappa shape index (κ3) is 1.28. The molecule has 1 aliphatic rings. The second kappa shape index (κ2) is 2.06. The summed E-state index contributed by atoms with van der Waals surface area (Å²) in [5.74, 6) is -2.43. The molecule has 0 aliphatic heterocycles. The van der Waals surface area contributed by atoms with Crippen molar-refractivity contribution in [2.24, 2.45) is 0 Å². The van der Waals surface area contributed by atoms with Crippen molar-refractivity contribution in [1.29, 1.82) is 0 Å². The van der Waals surface area contributed by atoms with Gasteiger partial charge in [0.15, 0.2) is 0 Å². The molecule has 0 spiro atoms. The van der Waals surface area contributed by atoms with Gasteiger partial charge in [-0.2, -0.15) is 0 Å². The van der Waals surface area contributed by atoms with Crippen molar-refractivity contribution in [1.82, 2.24) is 0 Å². The highest BCUT2D eigenvalue weighted by Crippen LogP contribution is 2.39. The number of hydrogen-bond donors (Lipinski definition) is 0. The smallest absolute Gasteiger partial charge is 0.253 e.